The minimum Gasteiger partial charge on any atom is -0.381 e. The molecule has 2 heterocycles. The normalized spacial score (nSPS) is 10.7. The minimum absolute atomic E-state index is 0.741. The molecule has 1 aromatic carbocycles. The predicted molar refractivity (Wildman–Crippen MR) is 77.1 cm³/mol. The fraction of sp³-hybridized carbons (Fsp3) is 0.214. The number of benzene rings is 1. The van der Waals surface area contributed by atoms with Gasteiger partial charge in [0.25, 0.3) is 0 Å². The molecule has 0 aliphatic rings. The monoisotopic (exact) mass is 268 g/mol. The number of rotatable bonds is 4. The highest BCUT2D eigenvalue weighted by Gasteiger charge is 2.05. The van der Waals surface area contributed by atoms with Gasteiger partial charge in [0.1, 0.15) is 6.33 Å². The molecule has 102 valence electrons. The van der Waals surface area contributed by atoms with Crippen LogP contribution < -0.4 is 5.32 Å². The van der Waals surface area contributed by atoms with Gasteiger partial charge in [-0.25, -0.2) is 0 Å². The van der Waals surface area contributed by atoms with Gasteiger partial charge in [0, 0.05) is 36.1 Å². The summed E-state index contributed by atoms with van der Waals surface area (Å²) in [5, 5.41) is 18.4. The van der Waals surface area contributed by atoms with Gasteiger partial charge < -0.3 is 9.88 Å². The van der Waals surface area contributed by atoms with E-state index in [9.17, 15) is 0 Å². The first-order valence-electron chi connectivity index (χ1n) is 6.41. The quantitative estimate of drug-likeness (QED) is 0.760. The lowest BCUT2D eigenvalue weighted by Gasteiger charge is -2.07. The lowest BCUT2D eigenvalue weighted by Crippen LogP contribution is -2.00. The zero-order valence-electron chi connectivity index (χ0n) is 11.5. The summed E-state index contributed by atoms with van der Waals surface area (Å²) in [5.74, 6) is 0.855. The van der Waals surface area contributed by atoms with Gasteiger partial charge in [0.15, 0.2) is 5.82 Å². The number of aryl methyl sites for hydroxylation is 2. The lowest BCUT2D eigenvalue weighted by molar-refractivity contribution is 0.920. The predicted octanol–water partition coefficient (Wildman–Crippen LogP) is 2.13. The van der Waals surface area contributed by atoms with Crippen LogP contribution in [0.2, 0.25) is 0 Å². The van der Waals surface area contributed by atoms with E-state index in [2.05, 4.69) is 31.8 Å². The fourth-order valence-electron chi connectivity index (χ4n) is 2.06. The van der Waals surface area contributed by atoms with Crippen LogP contribution in [0.3, 0.4) is 0 Å². The van der Waals surface area contributed by atoms with Crippen LogP contribution in [0.15, 0.2) is 36.8 Å². The van der Waals surface area contributed by atoms with Gasteiger partial charge in [-0.1, -0.05) is 12.1 Å². The van der Waals surface area contributed by atoms with E-state index < -0.39 is 0 Å². The average molecular weight is 268 g/mol. The summed E-state index contributed by atoms with van der Waals surface area (Å²) in [4.78, 5) is 0. The molecule has 6 nitrogen and oxygen atoms in total. The number of aromatic nitrogens is 5. The van der Waals surface area contributed by atoms with Crippen LogP contribution in [-0.2, 0) is 13.6 Å². The van der Waals surface area contributed by atoms with Crippen molar-refractivity contribution in [2.75, 3.05) is 5.32 Å². The second-order valence-corrected chi connectivity index (χ2v) is 4.72. The van der Waals surface area contributed by atoms with E-state index in [4.69, 9.17) is 0 Å². The van der Waals surface area contributed by atoms with Crippen molar-refractivity contribution in [3.63, 3.8) is 0 Å². The summed E-state index contributed by atoms with van der Waals surface area (Å²) < 4.78 is 1.90. The second-order valence-electron chi connectivity index (χ2n) is 4.72. The molecule has 0 atom stereocenters. The van der Waals surface area contributed by atoms with Crippen LogP contribution in [0.1, 0.15) is 11.3 Å². The molecule has 0 bridgehead atoms. The molecule has 0 aliphatic heterocycles. The number of H-pyrrole nitrogens is 1. The smallest absolute Gasteiger partial charge is 0.163 e. The standard InChI is InChI=1S/C14H16N6/c1-10-12(8-16-18-10)7-15-13-5-3-4-11(6-13)14-19-17-9-20(14)2/h3-6,8-9,15H,7H2,1-2H3,(H,16,18). The SMILES string of the molecule is Cc1[nH]ncc1CNc1cccc(-c2nncn2C)c1. The summed E-state index contributed by atoms with van der Waals surface area (Å²) in [7, 11) is 1.93. The molecular weight excluding hydrogens is 252 g/mol. The number of hydrogen-bond acceptors (Lipinski definition) is 4. The summed E-state index contributed by atoms with van der Waals surface area (Å²) >= 11 is 0. The maximum Gasteiger partial charge on any atom is 0.163 e. The van der Waals surface area contributed by atoms with E-state index in [1.54, 1.807) is 6.33 Å². The molecule has 0 unspecified atom stereocenters. The molecule has 0 fully saturated rings. The lowest BCUT2D eigenvalue weighted by atomic mass is 10.2. The molecule has 2 aromatic heterocycles. The number of nitrogens with zero attached hydrogens (tertiary/aromatic N) is 4. The van der Waals surface area contributed by atoms with Crippen molar-refractivity contribution in [3.05, 3.63) is 48.0 Å². The van der Waals surface area contributed by atoms with E-state index in [0.717, 1.165) is 34.9 Å². The Kier molecular flexibility index (Phi) is 3.20. The first-order valence-corrected chi connectivity index (χ1v) is 6.41. The van der Waals surface area contributed by atoms with Crippen molar-refractivity contribution in [3.8, 4) is 11.4 Å². The molecule has 0 aliphatic carbocycles. The van der Waals surface area contributed by atoms with Gasteiger partial charge in [0.05, 0.1) is 6.20 Å². The fourth-order valence-corrected chi connectivity index (χ4v) is 2.06. The minimum atomic E-state index is 0.741. The Morgan fingerprint density at radius 3 is 2.95 bits per heavy atom. The molecule has 0 saturated carbocycles. The van der Waals surface area contributed by atoms with Crippen molar-refractivity contribution in [2.24, 2.45) is 7.05 Å². The number of hydrogen-bond donors (Lipinski definition) is 2. The number of nitrogens with one attached hydrogen (secondary N) is 2. The third-order valence-electron chi connectivity index (χ3n) is 3.25. The zero-order chi connectivity index (χ0) is 13.9. The zero-order valence-corrected chi connectivity index (χ0v) is 11.5. The third kappa shape index (κ3) is 2.40. The van der Waals surface area contributed by atoms with E-state index in [0.29, 0.717) is 0 Å². The Morgan fingerprint density at radius 2 is 2.25 bits per heavy atom. The highest BCUT2D eigenvalue weighted by atomic mass is 15.2. The van der Waals surface area contributed by atoms with Gasteiger partial charge >= 0.3 is 0 Å². The highest BCUT2D eigenvalue weighted by molar-refractivity contribution is 5.62. The van der Waals surface area contributed by atoms with E-state index in [1.807, 2.05) is 42.9 Å². The first-order chi connectivity index (χ1) is 9.74. The summed E-state index contributed by atoms with van der Waals surface area (Å²) in [6.45, 7) is 2.75. The van der Waals surface area contributed by atoms with Crippen LogP contribution in [0.4, 0.5) is 5.69 Å². The van der Waals surface area contributed by atoms with Crippen LogP contribution in [0, 0.1) is 6.92 Å². The van der Waals surface area contributed by atoms with E-state index in [-0.39, 0.29) is 0 Å². The Balaban J connectivity index is 1.78. The summed E-state index contributed by atoms with van der Waals surface area (Å²) in [6, 6.07) is 8.14. The molecule has 0 spiro atoms. The summed E-state index contributed by atoms with van der Waals surface area (Å²) in [5.41, 5.74) is 4.33. The Hall–Kier alpha value is -2.63. The molecule has 0 saturated heterocycles. The number of anilines is 1. The molecular formula is C14H16N6. The number of aromatic amines is 1. The van der Waals surface area contributed by atoms with E-state index >= 15 is 0 Å². The Morgan fingerprint density at radius 1 is 1.35 bits per heavy atom. The van der Waals surface area contributed by atoms with Crippen LogP contribution >= 0.6 is 0 Å². The molecule has 20 heavy (non-hydrogen) atoms. The Bertz CT molecular complexity index is 712. The van der Waals surface area contributed by atoms with Gasteiger partial charge in [-0.3, -0.25) is 5.10 Å². The summed E-state index contributed by atoms with van der Waals surface area (Å²) in [6.07, 6.45) is 3.54. The third-order valence-corrected chi connectivity index (χ3v) is 3.25. The molecule has 2 N–H and O–H groups in total. The van der Waals surface area contributed by atoms with Crippen molar-refractivity contribution < 1.29 is 0 Å². The van der Waals surface area contributed by atoms with Crippen molar-refractivity contribution in [1.82, 2.24) is 25.0 Å². The van der Waals surface area contributed by atoms with E-state index in [1.165, 1.54) is 0 Å². The molecule has 0 radical (unpaired) electrons. The molecule has 6 heteroatoms. The topological polar surface area (TPSA) is 71.4 Å². The molecule has 3 rings (SSSR count). The second kappa shape index (κ2) is 5.16. The van der Waals surface area contributed by atoms with Crippen LogP contribution in [0.5, 0.6) is 0 Å². The van der Waals surface area contributed by atoms with Gasteiger partial charge in [-0.05, 0) is 19.1 Å². The van der Waals surface area contributed by atoms with Gasteiger partial charge in [-0.15, -0.1) is 10.2 Å². The van der Waals surface area contributed by atoms with Crippen molar-refractivity contribution >= 4 is 5.69 Å². The maximum absolute atomic E-state index is 4.12. The first kappa shape index (κ1) is 12.4. The molecule has 3 aromatic rings. The van der Waals surface area contributed by atoms with Gasteiger partial charge in [0.2, 0.25) is 0 Å². The van der Waals surface area contributed by atoms with Crippen LogP contribution in [0.25, 0.3) is 11.4 Å². The van der Waals surface area contributed by atoms with Crippen LogP contribution in [-0.4, -0.2) is 25.0 Å². The largest absolute Gasteiger partial charge is 0.381 e. The highest BCUT2D eigenvalue weighted by Crippen LogP contribution is 2.20. The Labute approximate surface area is 116 Å². The molecule has 0 amide bonds. The average Bonchev–Trinajstić information content (AvgIpc) is 3.05. The van der Waals surface area contributed by atoms with Gasteiger partial charge in [-0.2, -0.15) is 5.10 Å². The van der Waals surface area contributed by atoms with Crippen molar-refractivity contribution in [2.45, 2.75) is 13.5 Å². The van der Waals surface area contributed by atoms with Crippen molar-refractivity contribution in [1.29, 1.82) is 0 Å². The maximum atomic E-state index is 4.12.